The van der Waals surface area contributed by atoms with E-state index >= 15 is 0 Å². The molecule has 0 atom stereocenters. The van der Waals surface area contributed by atoms with Crippen molar-refractivity contribution >= 4 is 22.3 Å². The van der Waals surface area contributed by atoms with Crippen molar-refractivity contribution in [3.8, 4) is 17.0 Å². The maximum Gasteiger partial charge on any atom is 0.180 e. The van der Waals surface area contributed by atoms with Gasteiger partial charge in [0.2, 0.25) is 0 Å². The molecular formula is C12H12N2O2S. The number of methoxy groups -OCH3 is 1. The van der Waals surface area contributed by atoms with Crippen LogP contribution < -0.4 is 10.5 Å². The summed E-state index contributed by atoms with van der Waals surface area (Å²) in [7, 11) is 1.54. The lowest BCUT2D eigenvalue weighted by Gasteiger charge is -2.09. The molecule has 0 radical (unpaired) electrons. The Labute approximate surface area is 103 Å². The molecule has 17 heavy (non-hydrogen) atoms. The fraction of sp³-hybridized carbons (Fsp3) is 0.167. The van der Waals surface area contributed by atoms with Gasteiger partial charge in [0.1, 0.15) is 5.75 Å². The number of nitrogens with zero attached hydrogens (tertiary/aromatic N) is 1. The zero-order valence-electron chi connectivity index (χ0n) is 9.56. The highest BCUT2D eigenvalue weighted by Crippen LogP contribution is 2.34. The van der Waals surface area contributed by atoms with Gasteiger partial charge in [-0.3, -0.25) is 4.79 Å². The van der Waals surface area contributed by atoms with Crippen LogP contribution >= 0.6 is 11.3 Å². The molecule has 4 nitrogen and oxygen atoms in total. The van der Waals surface area contributed by atoms with Gasteiger partial charge >= 0.3 is 0 Å². The zero-order chi connectivity index (χ0) is 12.4. The molecule has 0 fully saturated rings. The van der Waals surface area contributed by atoms with E-state index in [1.807, 2.05) is 17.5 Å². The molecule has 5 heteroatoms. The first-order valence-corrected chi connectivity index (χ1v) is 5.90. The van der Waals surface area contributed by atoms with Crippen LogP contribution in [-0.2, 0) is 0 Å². The number of hydrogen-bond donors (Lipinski definition) is 1. The molecule has 0 unspecified atom stereocenters. The van der Waals surface area contributed by atoms with E-state index in [2.05, 4.69) is 4.98 Å². The van der Waals surface area contributed by atoms with Crippen molar-refractivity contribution in [3.05, 3.63) is 29.1 Å². The lowest BCUT2D eigenvalue weighted by molar-refractivity contribution is 0.101. The van der Waals surface area contributed by atoms with E-state index in [1.165, 1.54) is 18.3 Å². The van der Waals surface area contributed by atoms with Crippen LogP contribution in [0.5, 0.6) is 5.75 Å². The first-order valence-electron chi connectivity index (χ1n) is 5.02. The number of para-hydroxylation sites is 1. The van der Waals surface area contributed by atoms with Gasteiger partial charge in [-0.1, -0.05) is 6.07 Å². The van der Waals surface area contributed by atoms with Crippen molar-refractivity contribution in [1.82, 2.24) is 4.98 Å². The van der Waals surface area contributed by atoms with E-state index < -0.39 is 0 Å². The fourth-order valence-corrected chi connectivity index (χ4v) is 2.21. The molecule has 0 amide bonds. The number of carbonyl (C=O) groups excluding carboxylic acids is 1. The summed E-state index contributed by atoms with van der Waals surface area (Å²) in [6.45, 7) is 1.51. The number of thiazole rings is 1. The van der Waals surface area contributed by atoms with Crippen LogP contribution in [0.1, 0.15) is 17.3 Å². The number of ketones is 1. The van der Waals surface area contributed by atoms with Crippen molar-refractivity contribution in [2.24, 2.45) is 0 Å². The van der Waals surface area contributed by atoms with E-state index in [0.717, 1.165) is 11.3 Å². The van der Waals surface area contributed by atoms with E-state index in [9.17, 15) is 4.79 Å². The summed E-state index contributed by atoms with van der Waals surface area (Å²) in [5.41, 5.74) is 7.67. The molecule has 88 valence electrons. The van der Waals surface area contributed by atoms with Gasteiger partial charge in [0.25, 0.3) is 0 Å². The Bertz CT molecular complexity index is 563. The Balaban J connectivity index is 2.61. The molecule has 0 saturated heterocycles. The highest BCUT2D eigenvalue weighted by Gasteiger charge is 2.15. The van der Waals surface area contributed by atoms with Gasteiger partial charge in [-0.2, -0.15) is 0 Å². The van der Waals surface area contributed by atoms with Crippen LogP contribution in [0.4, 0.5) is 5.13 Å². The van der Waals surface area contributed by atoms with E-state index in [4.69, 9.17) is 10.5 Å². The minimum absolute atomic E-state index is 0.0353. The second kappa shape index (κ2) is 4.55. The van der Waals surface area contributed by atoms with Gasteiger partial charge in [-0.25, -0.2) is 4.98 Å². The number of carbonyl (C=O) groups is 1. The standard InChI is InChI=1S/C12H12N2O2S/c1-7(15)8-4-3-5-9(11(8)16-2)10-6-17-12(13)14-10/h3-6H,1-2H3,(H2,13,14). The number of anilines is 1. The number of benzene rings is 1. The Hall–Kier alpha value is -1.88. The molecule has 1 aromatic carbocycles. The smallest absolute Gasteiger partial charge is 0.180 e. The monoisotopic (exact) mass is 248 g/mol. The Morgan fingerprint density at radius 3 is 2.76 bits per heavy atom. The predicted octanol–water partition coefficient (Wildman–Crippen LogP) is 2.60. The van der Waals surface area contributed by atoms with Crippen molar-refractivity contribution in [2.75, 3.05) is 12.8 Å². The number of hydrogen-bond acceptors (Lipinski definition) is 5. The van der Waals surface area contributed by atoms with Crippen molar-refractivity contribution in [1.29, 1.82) is 0 Å². The number of ether oxygens (including phenoxy) is 1. The minimum Gasteiger partial charge on any atom is -0.495 e. The van der Waals surface area contributed by atoms with E-state index in [0.29, 0.717) is 16.4 Å². The van der Waals surface area contributed by atoms with Crippen LogP contribution in [0, 0.1) is 0 Å². The molecule has 0 aliphatic heterocycles. The Morgan fingerprint density at radius 1 is 1.47 bits per heavy atom. The Morgan fingerprint density at radius 2 is 2.24 bits per heavy atom. The molecule has 0 spiro atoms. The second-order valence-electron chi connectivity index (χ2n) is 3.51. The lowest BCUT2D eigenvalue weighted by Crippen LogP contribution is -1.99. The van der Waals surface area contributed by atoms with Gasteiger partial charge < -0.3 is 10.5 Å². The number of rotatable bonds is 3. The maximum atomic E-state index is 11.5. The van der Waals surface area contributed by atoms with Gasteiger partial charge in [-0.05, 0) is 19.1 Å². The van der Waals surface area contributed by atoms with Crippen LogP contribution in [-0.4, -0.2) is 17.9 Å². The highest BCUT2D eigenvalue weighted by atomic mass is 32.1. The molecule has 1 heterocycles. The molecule has 1 aromatic heterocycles. The molecule has 2 aromatic rings. The summed E-state index contributed by atoms with van der Waals surface area (Å²) in [6.07, 6.45) is 0. The topological polar surface area (TPSA) is 65.2 Å². The molecular weight excluding hydrogens is 236 g/mol. The molecule has 0 saturated carbocycles. The molecule has 2 N–H and O–H groups in total. The number of nitrogens with two attached hydrogens (primary N) is 1. The summed E-state index contributed by atoms with van der Waals surface area (Å²) in [4.78, 5) is 15.7. The van der Waals surface area contributed by atoms with Crippen molar-refractivity contribution < 1.29 is 9.53 Å². The number of Topliss-reactive ketones (excluding diaryl/α,β-unsaturated/α-hetero) is 1. The fourth-order valence-electron chi connectivity index (χ4n) is 1.65. The van der Waals surface area contributed by atoms with Gasteiger partial charge in [-0.15, -0.1) is 11.3 Å². The van der Waals surface area contributed by atoms with Gasteiger partial charge in [0.05, 0.1) is 18.4 Å². The van der Waals surface area contributed by atoms with Crippen molar-refractivity contribution in [3.63, 3.8) is 0 Å². The van der Waals surface area contributed by atoms with Gasteiger partial charge in [0.15, 0.2) is 10.9 Å². The normalized spacial score (nSPS) is 10.2. The average Bonchev–Trinajstić information content (AvgIpc) is 2.74. The molecule has 0 aliphatic rings. The maximum absolute atomic E-state index is 11.5. The van der Waals surface area contributed by atoms with Crippen molar-refractivity contribution in [2.45, 2.75) is 6.92 Å². The summed E-state index contributed by atoms with van der Waals surface area (Å²) in [6, 6.07) is 5.41. The third-order valence-corrected chi connectivity index (χ3v) is 3.07. The molecule has 2 rings (SSSR count). The van der Waals surface area contributed by atoms with Crippen LogP contribution in [0.3, 0.4) is 0 Å². The number of nitrogen functional groups attached to an aromatic ring is 1. The molecule has 0 aliphatic carbocycles. The third kappa shape index (κ3) is 2.14. The molecule has 0 bridgehead atoms. The third-order valence-electron chi connectivity index (χ3n) is 2.40. The van der Waals surface area contributed by atoms with Crippen LogP contribution in [0.15, 0.2) is 23.6 Å². The summed E-state index contributed by atoms with van der Waals surface area (Å²) in [5, 5.41) is 2.34. The van der Waals surface area contributed by atoms with Crippen LogP contribution in [0.25, 0.3) is 11.3 Å². The quantitative estimate of drug-likeness (QED) is 0.848. The highest BCUT2D eigenvalue weighted by molar-refractivity contribution is 7.13. The van der Waals surface area contributed by atoms with Gasteiger partial charge in [0, 0.05) is 10.9 Å². The predicted molar refractivity (Wildman–Crippen MR) is 68.5 cm³/mol. The second-order valence-corrected chi connectivity index (χ2v) is 4.40. The van der Waals surface area contributed by atoms with E-state index in [1.54, 1.807) is 13.2 Å². The first kappa shape index (κ1) is 11.6. The summed E-state index contributed by atoms with van der Waals surface area (Å²) in [5.74, 6) is 0.511. The lowest BCUT2D eigenvalue weighted by atomic mass is 10.0. The Kier molecular flexibility index (Phi) is 3.10. The minimum atomic E-state index is -0.0353. The first-order chi connectivity index (χ1) is 8.13. The summed E-state index contributed by atoms with van der Waals surface area (Å²) >= 11 is 1.36. The SMILES string of the molecule is COc1c(C(C)=O)cccc1-c1csc(N)n1. The largest absolute Gasteiger partial charge is 0.495 e. The summed E-state index contributed by atoms with van der Waals surface area (Å²) < 4.78 is 5.30. The number of aromatic nitrogens is 1. The van der Waals surface area contributed by atoms with E-state index in [-0.39, 0.29) is 5.78 Å². The van der Waals surface area contributed by atoms with Crippen LogP contribution in [0.2, 0.25) is 0 Å². The average molecular weight is 248 g/mol. The zero-order valence-corrected chi connectivity index (χ0v) is 10.4.